The molecule has 3 unspecified atom stereocenters. The van der Waals surface area contributed by atoms with Crippen LogP contribution in [0.1, 0.15) is 131 Å². The molecular weight excluding hydrogens is 953 g/mol. The highest BCUT2D eigenvalue weighted by atomic mass is 28.4. The smallest absolute Gasteiger partial charge is 0.338 e. The third kappa shape index (κ3) is 17.1. The Morgan fingerprint density at radius 2 is 0.944 bits per heavy atom. The largest absolute Gasteiger partial charge is 0.453 e. The van der Waals surface area contributed by atoms with E-state index in [0.29, 0.717) is 44.4 Å². The standard InChI is InChI=1S/C25H38O5Si.C22H34O5Si.C9H14O4/c1-10-21-23(30-25(8,9)29-21)22(28-24(26)20-14-12-11-13-15-20)16-27-31(17(2)3,18(4)5)19(6)7;1-8-19(23)21(24)20(27-22(25)18-12-10-9-11-13-18)14-26-28(15(2)3,16(4)5)17(6)7;1-4-7-8(6(11)5-10)13-9(2,3)12-7/h1,11-15,17-19,21-23H,16H2,2-9H3;1,9-13,15-17,19-21,23-24H,14H2,2-7H3;1,6-8,10-11H,5H2,2-3H3/t21?,22-,23+;19-,20-,21?;6-,7?,8-/m111/s1. The zero-order valence-corrected chi connectivity index (χ0v) is 47.7. The van der Waals surface area contributed by atoms with Crippen molar-refractivity contribution < 1.29 is 67.3 Å². The summed E-state index contributed by atoms with van der Waals surface area (Å²) in [6.07, 6.45) is 8.05. The Morgan fingerprint density at radius 1 is 0.583 bits per heavy atom. The van der Waals surface area contributed by atoms with Gasteiger partial charge < -0.3 is 57.7 Å². The number of carbonyl (C=O) groups excluding carboxylic acids is 2. The number of aliphatic hydroxyl groups is 4. The second-order valence-corrected chi connectivity index (χ2v) is 32.0. The van der Waals surface area contributed by atoms with E-state index in [1.807, 2.05) is 19.9 Å². The van der Waals surface area contributed by atoms with Crippen LogP contribution in [0, 0.1) is 37.0 Å². The highest BCUT2D eigenvalue weighted by Crippen LogP contribution is 2.44. The van der Waals surface area contributed by atoms with Crippen LogP contribution in [-0.2, 0) is 37.3 Å². The Hall–Kier alpha value is -3.91. The monoisotopic (exact) mass is 1040 g/mol. The summed E-state index contributed by atoms with van der Waals surface area (Å²) in [4.78, 5) is 25.4. The Bertz CT molecular complexity index is 2030. The van der Waals surface area contributed by atoms with Crippen LogP contribution in [0.3, 0.4) is 0 Å². The van der Waals surface area contributed by atoms with Gasteiger partial charge in [-0.05, 0) is 85.2 Å². The van der Waals surface area contributed by atoms with Crippen molar-refractivity contribution in [2.24, 2.45) is 0 Å². The van der Waals surface area contributed by atoms with Crippen molar-refractivity contribution in [2.75, 3.05) is 19.8 Å². The van der Waals surface area contributed by atoms with E-state index in [4.69, 9.17) is 61.6 Å². The Balaban J connectivity index is 0.000000398. The molecule has 2 aliphatic rings. The molecule has 0 spiro atoms. The van der Waals surface area contributed by atoms with Crippen LogP contribution < -0.4 is 0 Å². The van der Waals surface area contributed by atoms with Gasteiger partial charge in [-0.25, -0.2) is 9.59 Å². The third-order valence-electron chi connectivity index (χ3n) is 13.3. The number of ether oxygens (including phenoxy) is 6. The number of esters is 2. The van der Waals surface area contributed by atoms with Crippen LogP contribution in [0.5, 0.6) is 0 Å². The predicted molar refractivity (Wildman–Crippen MR) is 285 cm³/mol. The van der Waals surface area contributed by atoms with E-state index in [1.165, 1.54) is 0 Å². The number of aliphatic hydroxyl groups excluding tert-OH is 4. The van der Waals surface area contributed by atoms with Crippen LogP contribution in [0.2, 0.25) is 33.2 Å². The van der Waals surface area contributed by atoms with Crippen LogP contribution in [0.4, 0.5) is 0 Å². The average Bonchev–Trinajstić information content (AvgIpc) is 3.83. The first-order valence-electron chi connectivity index (χ1n) is 25.1. The minimum Gasteiger partial charge on any atom is -0.453 e. The first kappa shape index (κ1) is 64.2. The topological polar surface area (TPSA) is 189 Å². The molecule has 4 N–H and O–H groups in total. The van der Waals surface area contributed by atoms with Gasteiger partial charge in [0.25, 0.3) is 0 Å². The van der Waals surface area contributed by atoms with Gasteiger partial charge in [0.05, 0.1) is 30.9 Å². The van der Waals surface area contributed by atoms with Gasteiger partial charge >= 0.3 is 11.9 Å². The summed E-state index contributed by atoms with van der Waals surface area (Å²) in [5.41, 5.74) is 3.02. The number of terminal acetylenes is 3. The maximum absolute atomic E-state index is 12.9. The summed E-state index contributed by atoms with van der Waals surface area (Å²) >= 11 is 0. The summed E-state index contributed by atoms with van der Waals surface area (Å²) in [6, 6.07) is 17.4. The first-order valence-corrected chi connectivity index (χ1v) is 29.3. The van der Waals surface area contributed by atoms with E-state index in [1.54, 1.807) is 68.4 Å². The second-order valence-electron chi connectivity index (χ2n) is 21.1. The molecule has 72 heavy (non-hydrogen) atoms. The Labute approximate surface area is 433 Å². The number of rotatable bonds is 21. The zero-order chi connectivity index (χ0) is 54.9. The second kappa shape index (κ2) is 28.7. The molecule has 14 nitrogen and oxygen atoms in total. The molecule has 0 radical (unpaired) electrons. The third-order valence-corrected chi connectivity index (χ3v) is 25.5. The summed E-state index contributed by atoms with van der Waals surface area (Å²) in [7, 11) is -4.43. The number of carbonyl (C=O) groups is 2. The van der Waals surface area contributed by atoms with Gasteiger partial charge in [0.1, 0.15) is 36.6 Å². The average molecular weight is 1040 g/mol. The molecule has 2 heterocycles. The van der Waals surface area contributed by atoms with Crippen molar-refractivity contribution in [3.05, 3.63) is 71.8 Å². The van der Waals surface area contributed by atoms with Crippen molar-refractivity contribution in [3.63, 3.8) is 0 Å². The van der Waals surface area contributed by atoms with Gasteiger partial charge in [-0.3, -0.25) is 0 Å². The van der Waals surface area contributed by atoms with E-state index >= 15 is 0 Å². The van der Waals surface area contributed by atoms with Gasteiger partial charge in [-0.2, -0.15) is 0 Å². The minimum atomic E-state index is -2.25. The summed E-state index contributed by atoms with van der Waals surface area (Å²) in [5, 5.41) is 38.4. The molecule has 2 saturated heterocycles. The molecule has 0 amide bonds. The summed E-state index contributed by atoms with van der Waals surface area (Å²) in [5.74, 6) is 4.43. The van der Waals surface area contributed by atoms with E-state index < -0.39 is 95.1 Å². The first-order chi connectivity index (χ1) is 33.5. The molecule has 0 aromatic heterocycles. The van der Waals surface area contributed by atoms with E-state index in [0.717, 1.165) is 0 Å². The molecule has 9 atom stereocenters. The quantitative estimate of drug-likeness (QED) is 0.0528. The minimum absolute atomic E-state index is 0.0146. The molecule has 0 saturated carbocycles. The molecule has 0 aliphatic carbocycles. The highest BCUT2D eigenvalue weighted by Gasteiger charge is 2.51. The van der Waals surface area contributed by atoms with Gasteiger partial charge in [-0.1, -0.05) is 137 Å². The van der Waals surface area contributed by atoms with Crippen LogP contribution in [0.15, 0.2) is 60.7 Å². The van der Waals surface area contributed by atoms with Crippen LogP contribution in [0.25, 0.3) is 0 Å². The molecule has 2 aromatic rings. The van der Waals surface area contributed by atoms with Gasteiger partial charge in [-0.15, -0.1) is 19.3 Å². The van der Waals surface area contributed by atoms with Crippen molar-refractivity contribution >= 4 is 28.6 Å². The van der Waals surface area contributed by atoms with Crippen molar-refractivity contribution in [1.29, 1.82) is 0 Å². The fourth-order valence-electron chi connectivity index (χ4n) is 10.2. The van der Waals surface area contributed by atoms with Gasteiger partial charge in [0, 0.05) is 0 Å². The SMILES string of the molecule is C#CC1OC(C)(C)O[C@@H]1[C@@H](CO[Si](C(C)C)(C(C)C)C(C)C)OC(=O)c1ccccc1.C#CC1OC(C)(C)O[C@@H]1[C@H](O)CO.C#C[C@@H](O)C(O)[C@@H](CO[Si](C(C)C)(C(C)C)C(C)C)OC(=O)c1ccccc1. The van der Waals surface area contributed by atoms with Crippen molar-refractivity contribution in [3.8, 4) is 37.0 Å². The molecule has 0 bridgehead atoms. The van der Waals surface area contributed by atoms with Crippen LogP contribution >= 0.6 is 0 Å². The van der Waals surface area contributed by atoms with E-state index in [2.05, 4.69) is 101 Å². The van der Waals surface area contributed by atoms with Crippen molar-refractivity contribution in [2.45, 2.75) is 211 Å². The molecule has 2 aromatic carbocycles. The van der Waals surface area contributed by atoms with Crippen LogP contribution in [-0.4, -0.2) is 135 Å². The van der Waals surface area contributed by atoms with E-state index in [-0.39, 0.29) is 19.8 Å². The molecule has 402 valence electrons. The fourth-order valence-corrected chi connectivity index (χ4v) is 21.1. The molecule has 2 fully saturated rings. The maximum Gasteiger partial charge on any atom is 0.338 e. The summed E-state index contributed by atoms with van der Waals surface area (Å²) in [6.45, 7) is 33.0. The predicted octanol–water partition coefficient (Wildman–Crippen LogP) is 8.81. The number of hydrogen-bond acceptors (Lipinski definition) is 14. The molecule has 16 heteroatoms. The van der Waals surface area contributed by atoms with Gasteiger partial charge in [0.2, 0.25) is 16.6 Å². The maximum atomic E-state index is 12.9. The fraction of sp³-hybridized carbons (Fsp3) is 0.643. The Morgan fingerprint density at radius 3 is 1.31 bits per heavy atom. The number of hydrogen-bond donors (Lipinski definition) is 4. The molecule has 4 rings (SSSR count). The van der Waals surface area contributed by atoms with E-state index in [9.17, 15) is 24.9 Å². The zero-order valence-electron chi connectivity index (χ0n) is 45.7. The van der Waals surface area contributed by atoms with Crippen molar-refractivity contribution in [1.82, 2.24) is 0 Å². The highest BCUT2D eigenvalue weighted by molar-refractivity contribution is 6.78. The molecule has 2 aliphatic heterocycles. The lowest BCUT2D eigenvalue weighted by Gasteiger charge is -2.43. The normalized spacial score (nSPS) is 21.6. The lowest BCUT2D eigenvalue weighted by Crippen LogP contribution is -2.51. The van der Waals surface area contributed by atoms with Gasteiger partial charge in [0.15, 0.2) is 29.9 Å². The lowest BCUT2D eigenvalue weighted by molar-refractivity contribution is -0.156. The lowest BCUT2D eigenvalue weighted by atomic mass is 10.1. The number of benzene rings is 2. The Kier molecular flexibility index (Phi) is 25.6. The summed E-state index contributed by atoms with van der Waals surface area (Å²) < 4.78 is 47.2. The molecular formula is C56H86O14Si2.